The number of nitrogens with one attached hydrogen (secondary N) is 1. The summed E-state index contributed by atoms with van der Waals surface area (Å²) >= 11 is 0. The standard InChI is InChI=1S/C23H25N5O2/c1-17-5-3-4-6-20(17)21-15-22(25-16-24-21)27-11-13-28(14-12-27)23(29)26-18-7-9-19(30-2)10-8-18/h3-10,15-16H,11-14H2,1-2H3,(H,26,29). The number of benzene rings is 2. The predicted molar refractivity (Wildman–Crippen MR) is 118 cm³/mol. The highest BCUT2D eigenvalue weighted by molar-refractivity contribution is 5.89. The monoisotopic (exact) mass is 403 g/mol. The van der Waals surface area contributed by atoms with E-state index in [9.17, 15) is 4.79 Å². The van der Waals surface area contributed by atoms with E-state index in [0.29, 0.717) is 13.1 Å². The summed E-state index contributed by atoms with van der Waals surface area (Å²) in [6.07, 6.45) is 1.61. The van der Waals surface area contributed by atoms with E-state index in [4.69, 9.17) is 4.74 Å². The van der Waals surface area contributed by atoms with Crippen LogP contribution in [0, 0.1) is 6.92 Å². The lowest BCUT2D eigenvalue weighted by molar-refractivity contribution is 0.208. The number of carbonyl (C=O) groups excluding carboxylic acids is 1. The highest BCUT2D eigenvalue weighted by Crippen LogP contribution is 2.24. The quantitative estimate of drug-likeness (QED) is 0.717. The second-order valence-corrected chi connectivity index (χ2v) is 7.21. The van der Waals surface area contributed by atoms with Gasteiger partial charge >= 0.3 is 6.03 Å². The minimum absolute atomic E-state index is 0.0943. The Bertz CT molecular complexity index is 1010. The summed E-state index contributed by atoms with van der Waals surface area (Å²) in [4.78, 5) is 25.5. The lowest BCUT2D eigenvalue weighted by Gasteiger charge is -2.35. The van der Waals surface area contributed by atoms with Gasteiger partial charge in [0.1, 0.15) is 17.9 Å². The van der Waals surface area contributed by atoms with Crippen molar-refractivity contribution in [3.05, 3.63) is 66.5 Å². The van der Waals surface area contributed by atoms with Gasteiger partial charge < -0.3 is 19.9 Å². The van der Waals surface area contributed by atoms with Gasteiger partial charge in [0.05, 0.1) is 12.8 Å². The first-order chi connectivity index (χ1) is 14.6. The van der Waals surface area contributed by atoms with Gasteiger partial charge in [-0.1, -0.05) is 24.3 Å². The van der Waals surface area contributed by atoms with E-state index in [1.165, 1.54) is 5.56 Å². The van der Waals surface area contributed by atoms with Gasteiger partial charge in [-0.25, -0.2) is 14.8 Å². The van der Waals surface area contributed by atoms with Crippen molar-refractivity contribution in [3.8, 4) is 17.0 Å². The molecule has 1 saturated heterocycles. The molecule has 1 aromatic heterocycles. The van der Waals surface area contributed by atoms with Crippen LogP contribution in [0.3, 0.4) is 0 Å². The number of methoxy groups -OCH3 is 1. The molecule has 2 aromatic carbocycles. The molecule has 0 bridgehead atoms. The molecule has 4 rings (SSSR count). The van der Waals surface area contributed by atoms with Crippen LogP contribution in [0.4, 0.5) is 16.3 Å². The van der Waals surface area contributed by atoms with Crippen LogP contribution >= 0.6 is 0 Å². The molecule has 154 valence electrons. The topological polar surface area (TPSA) is 70.6 Å². The Labute approximate surface area is 176 Å². The molecule has 2 amide bonds. The summed E-state index contributed by atoms with van der Waals surface area (Å²) in [5, 5.41) is 2.94. The summed E-state index contributed by atoms with van der Waals surface area (Å²) in [5.74, 6) is 1.65. The van der Waals surface area contributed by atoms with Crippen LogP contribution < -0.4 is 15.0 Å². The molecule has 0 spiro atoms. The number of aryl methyl sites for hydroxylation is 1. The maximum atomic E-state index is 12.6. The average Bonchev–Trinajstić information content (AvgIpc) is 2.80. The molecule has 0 atom stereocenters. The van der Waals surface area contributed by atoms with Gasteiger partial charge in [-0.2, -0.15) is 0 Å². The van der Waals surface area contributed by atoms with Crippen LogP contribution in [-0.2, 0) is 0 Å². The summed E-state index contributed by atoms with van der Waals surface area (Å²) in [6.45, 7) is 4.79. The number of aromatic nitrogens is 2. The third-order valence-electron chi connectivity index (χ3n) is 5.31. The first-order valence-corrected chi connectivity index (χ1v) is 9.97. The number of hydrogen-bond acceptors (Lipinski definition) is 5. The first-order valence-electron chi connectivity index (χ1n) is 9.97. The zero-order chi connectivity index (χ0) is 20.9. The third-order valence-corrected chi connectivity index (χ3v) is 5.31. The zero-order valence-corrected chi connectivity index (χ0v) is 17.2. The van der Waals surface area contributed by atoms with E-state index in [1.54, 1.807) is 13.4 Å². The maximum absolute atomic E-state index is 12.6. The highest BCUT2D eigenvalue weighted by Gasteiger charge is 2.22. The van der Waals surface area contributed by atoms with Crippen LogP contribution in [0.25, 0.3) is 11.3 Å². The molecule has 2 heterocycles. The Hall–Kier alpha value is -3.61. The van der Waals surface area contributed by atoms with E-state index in [1.807, 2.05) is 47.4 Å². The lowest BCUT2D eigenvalue weighted by Crippen LogP contribution is -2.50. The van der Waals surface area contributed by atoms with E-state index in [2.05, 4.69) is 39.2 Å². The normalized spacial score (nSPS) is 13.8. The Kier molecular flexibility index (Phi) is 5.79. The number of hydrogen-bond donors (Lipinski definition) is 1. The van der Waals surface area contributed by atoms with Crippen LogP contribution in [0.15, 0.2) is 60.9 Å². The smallest absolute Gasteiger partial charge is 0.321 e. The van der Waals surface area contributed by atoms with Crippen molar-refractivity contribution in [2.24, 2.45) is 0 Å². The fourth-order valence-electron chi connectivity index (χ4n) is 3.54. The SMILES string of the molecule is COc1ccc(NC(=O)N2CCN(c3cc(-c4ccccc4C)ncn3)CC2)cc1. The summed E-state index contributed by atoms with van der Waals surface area (Å²) in [7, 11) is 1.62. The molecule has 1 aliphatic heterocycles. The van der Waals surface area contributed by atoms with Gasteiger partial charge in [0.2, 0.25) is 0 Å². The summed E-state index contributed by atoms with van der Waals surface area (Å²) in [6, 6.07) is 17.4. The number of amides is 2. The number of rotatable bonds is 4. The predicted octanol–water partition coefficient (Wildman–Crippen LogP) is 3.81. The number of carbonyl (C=O) groups is 1. The van der Waals surface area contributed by atoms with Crippen molar-refractivity contribution in [2.45, 2.75) is 6.92 Å². The van der Waals surface area contributed by atoms with Gasteiger partial charge in [0, 0.05) is 43.5 Å². The highest BCUT2D eigenvalue weighted by atomic mass is 16.5. The number of anilines is 2. The van der Waals surface area contributed by atoms with Crippen molar-refractivity contribution in [1.82, 2.24) is 14.9 Å². The molecule has 0 unspecified atom stereocenters. The van der Waals surface area contributed by atoms with E-state index in [-0.39, 0.29) is 6.03 Å². The Morgan fingerprint density at radius 3 is 2.43 bits per heavy atom. The summed E-state index contributed by atoms with van der Waals surface area (Å²) < 4.78 is 5.15. The van der Waals surface area contributed by atoms with E-state index >= 15 is 0 Å². The maximum Gasteiger partial charge on any atom is 0.321 e. The first kappa shape index (κ1) is 19.7. The van der Waals surface area contributed by atoms with Crippen LogP contribution in [0.5, 0.6) is 5.75 Å². The summed E-state index contributed by atoms with van der Waals surface area (Å²) in [5.41, 5.74) is 3.96. The van der Waals surface area contributed by atoms with Gasteiger partial charge in [-0.05, 0) is 36.8 Å². The molecule has 3 aromatic rings. The zero-order valence-electron chi connectivity index (χ0n) is 17.2. The van der Waals surface area contributed by atoms with Crippen molar-refractivity contribution in [1.29, 1.82) is 0 Å². The van der Waals surface area contributed by atoms with Gasteiger partial charge in [-0.15, -0.1) is 0 Å². The molecule has 0 aliphatic carbocycles. The van der Waals surface area contributed by atoms with Gasteiger partial charge in [0.15, 0.2) is 0 Å². The Balaban J connectivity index is 1.38. The fourth-order valence-corrected chi connectivity index (χ4v) is 3.54. The molecule has 7 heteroatoms. The van der Waals surface area contributed by atoms with Crippen LogP contribution in [0.2, 0.25) is 0 Å². The molecule has 1 N–H and O–H groups in total. The van der Waals surface area contributed by atoms with Crippen molar-refractivity contribution in [2.75, 3.05) is 43.5 Å². The average molecular weight is 403 g/mol. The van der Waals surface area contributed by atoms with Crippen molar-refractivity contribution in [3.63, 3.8) is 0 Å². The number of piperazine rings is 1. The largest absolute Gasteiger partial charge is 0.497 e. The van der Waals surface area contributed by atoms with Crippen molar-refractivity contribution >= 4 is 17.5 Å². The second kappa shape index (κ2) is 8.82. The fraction of sp³-hybridized carbons (Fsp3) is 0.261. The Morgan fingerprint density at radius 2 is 1.73 bits per heavy atom. The van der Waals surface area contributed by atoms with Gasteiger partial charge in [-0.3, -0.25) is 0 Å². The van der Waals surface area contributed by atoms with Crippen molar-refractivity contribution < 1.29 is 9.53 Å². The van der Waals surface area contributed by atoms with Crippen LogP contribution in [-0.4, -0.2) is 54.2 Å². The van der Waals surface area contributed by atoms with E-state index < -0.39 is 0 Å². The molecule has 7 nitrogen and oxygen atoms in total. The Morgan fingerprint density at radius 1 is 1.00 bits per heavy atom. The second-order valence-electron chi connectivity index (χ2n) is 7.21. The molecule has 1 aliphatic rings. The minimum atomic E-state index is -0.0943. The van der Waals surface area contributed by atoms with Gasteiger partial charge in [0.25, 0.3) is 0 Å². The lowest BCUT2D eigenvalue weighted by atomic mass is 10.1. The minimum Gasteiger partial charge on any atom is -0.497 e. The number of urea groups is 1. The molecular formula is C23H25N5O2. The number of nitrogens with zero attached hydrogens (tertiary/aromatic N) is 4. The van der Waals surface area contributed by atoms with E-state index in [0.717, 1.165) is 41.6 Å². The number of ether oxygens (including phenoxy) is 1. The molecule has 1 fully saturated rings. The molecular weight excluding hydrogens is 378 g/mol. The molecule has 30 heavy (non-hydrogen) atoms. The molecule has 0 saturated carbocycles. The third kappa shape index (κ3) is 4.35. The molecule has 0 radical (unpaired) electrons. The van der Waals surface area contributed by atoms with Crippen LogP contribution in [0.1, 0.15) is 5.56 Å².